The number of rotatable bonds is 6. The third-order valence-electron chi connectivity index (χ3n) is 4.66. The molecular formula is C18H18N8O2. The highest BCUT2D eigenvalue weighted by Gasteiger charge is 2.23. The number of carbonyl (C=O) groups is 1. The Labute approximate surface area is 159 Å². The number of oxazole rings is 1. The Morgan fingerprint density at radius 1 is 1.29 bits per heavy atom. The van der Waals surface area contributed by atoms with Gasteiger partial charge < -0.3 is 19.9 Å². The number of hydrogen-bond acceptors (Lipinski definition) is 7. The number of pyridine rings is 1. The van der Waals surface area contributed by atoms with Gasteiger partial charge >= 0.3 is 0 Å². The number of carbonyl (C=O) groups excluding carboxylic acids is 1. The van der Waals surface area contributed by atoms with E-state index in [-0.39, 0.29) is 24.2 Å². The highest BCUT2D eigenvalue weighted by atomic mass is 16.4. The molecule has 0 aromatic carbocycles. The number of nitrogens with two attached hydrogens (primary N) is 1. The first-order valence-corrected chi connectivity index (χ1v) is 9.00. The predicted molar refractivity (Wildman–Crippen MR) is 98.4 cm³/mol. The number of fused-ring (bicyclic) bond motifs is 1. The smallest absolute Gasteiger partial charge is 0.292 e. The van der Waals surface area contributed by atoms with Gasteiger partial charge in [-0.25, -0.2) is 14.6 Å². The van der Waals surface area contributed by atoms with Crippen molar-refractivity contribution in [3.05, 3.63) is 59.6 Å². The number of amides is 1. The monoisotopic (exact) mass is 378 g/mol. The number of imidazole rings is 1. The van der Waals surface area contributed by atoms with Crippen LogP contribution >= 0.6 is 0 Å². The molecule has 5 rings (SSSR count). The molecule has 0 saturated heterocycles. The summed E-state index contributed by atoms with van der Waals surface area (Å²) in [6.07, 6.45) is 9.70. The summed E-state index contributed by atoms with van der Waals surface area (Å²) in [7, 11) is 0. The number of anilines is 1. The zero-order valence-electron chi connectivity index (χ0n) is 14.9. The van der Waals surface area contributed by atoms with Crippen LogP contribution in [0.5, 0.6) is 0 Å². The van der Waals surface area contributed by atoms with Gasteiger partial charge in [0, 0.05) is 12.4 Å². The first kappa shape index (κ1) is 16.5. The summed E-state index contributed by atoms with van der Waals surface area (Å²) in [6.45, 7) is 0.602. The molecule has 1 saturated carbocycles. The second-order valence-electron chi connectivity index (χ2n) is 6.88. The minimum absolute atomic E-state index is 0.0619. The Kier molecular flexibility index (Phi) is 3.81. The lowest BCUT2D eigenvalue weighted by molar-refractivity contribution is 0.0943. The molecular weight excluding hydrogens is 360 g/mol. The Balaban J connectivity index is 1.25. The van der Waals surface area contributed by atoms with Gasteiger partial charge in [-0.3, -0.25) is 4.79 Å². The van der Waals surface area contributed by atoms with Crippen LogP contribution in [0.1, 0.15) is 46.3 Å². The molecule has 1 fully saturated rings. The molecule has 28 heavy (non-hydrogen) atoms. The van der Waals surface area contributed by atoms with Gasteiger partial charge in [0.15, 0.2) is 5.69 Å². The lowest BCUT2D eigenvalue weighted by Crippen LogP contribution is -2.22. The zero-order valence-corrected chi connectivity index (χ0v) is 14.9. The molecule has 0 unspecified atom stereocenters. The van der Waals surface area contributed by atoms with E-state index in [1.54, 1.807) is 10.9 Å². The van der Waals surface area contributed by atoms with Crippen molar-refractivity contribution in [1.29, 1.82) is 0 Å². The molecule has 3 N–H and O–H groups in total. The van der Waals surface area contributed by atoms with Crippen LogP contribution in [-0.4, -0.2) is 35.3 Å². The molecule has 0 aliphatic heterocycles. The third-order valence-corrected chi connectivity index (χ3v) is 4.66. The van der Waals surface area contributed by atoms with E-state index in [1.807, 2.05) is 16.7 Å². The van der Waals surface area contributed by atoms with Crippen molar-refractivity contribution in [1.82, 2.24) is 34.7 Å². The number of nitrogens with one attached hydrogen (secondary N) is 1. The van der Waals surface area contributed by atoms with Crippen molar-refractivity contribution in [3.8, 4) is 0 Å². The molecule has 142 valence electrons. The molecule has 0 radical (unpaired) electrons. The first-order chi connectivity index (χ1) is 13.6. The second kappa shape index (κ2) is 6.48. The van der Waals surface area contributed by atoms with Crippen molar-refractivity contribution in [2.45, 2.75) is 31.8 Å². The number of aromatic nitrogens is 6. The number of hydrogen-bond donors (Lipinski definition) is 2. The van der Waals surface area contributed by atoms with Gasteiger partial charge in [-0.15, -0.1) is 5.10 Å². The van der Waals surface area contributed by atoms with Crippen molar-refractivity contribution in [2.24, 2.45) is 0 Å². The van der Waals surface area contributed by atoms with Gasteiger partial charge in [0.25, 0.3) is 11.9 Å². The van der Waals surface area contributed by atoms with E-state index in [0.717, 1.165) is 11.3 Å². The molecule has 0 atom stereocenters. The van der Waals surface area contributed by atoms with E-state index in [1.165, 1.54) is 24.6 Å². The minimum Gasteiger partial charge on any atom is -0.427 e. The summed E-state index contributed by atoms with van der Waals surface area (Å²) >= 11 is 0. The minimum atomic E-state index is -0.356. The van der Waals surface area contributed by atoms with Crippen LogP contribution < -0.4 is 11.1 Å². The Morgan fingerprint density at radius 2 is 2.18 bits per heavy atom. The molecule has 4 aromatic heterocycles. The highest BCUT2D eigenvalue weighted by molar-refractivity contribution is 5.91. The molecule has 4 heterocycles. The molecule has 0 bridgehead atoms. The normalized spacial score (nSPS) is 13.9. The molecule has 0 spiro atoms. The molecule has 4 aromatic rings. The quantitative estimate of drug-likeness (QED) is 0.518. The van der Waals surface area contributed by atoms with E-state index < -0.39 is 0 Å². The van der Waals surface area contributed by atoms with Gasteiger partial charge in [0.05, 0.1) is 31.2 Å². The summed E-state index contributed by atoms with van der Waals surface area (Å²) in [5.41, 5.74) is 8.71. The maximum Gasteiger partial charge on any atom is 0.292 e. The van der Waals surface area contributed by atoms with Gasteiger partial charge in [-0.1, -0.05) is 11.3 Å². The SMILES string of the molecule is Nc1ncc(CNC(=O)c2cn(Cc3cn4cc(C5CC5)ccc4n3)nn2)o1. The van der Waals surface area contributed by atoms with Crippen molar-refractivity contribution < 1.29 is 9.21 Å². The van der Waals surface area contributed by atoms with Gasteiger partial charge in [-0.2, -0.15) is 0 Å². The largest absolute Gasteiger partial charge is 0.427 e. The van der Waals surface area contributed by atoms with Crippen LogP contribution in [0.3, 0.4) is 0 Å². The Morgan fingerprint density at radius 3 is 2.96 bits per heavy atom. The topological polar surface area (TPSA) is 129 Å². The fourth-order valence-corrected chi connectivity index (χ4v) is 3.10. The van der Waals surface area contributed by atoms with Crippen LogP contribution in [0.2, 0.25) is 0 Å². The summed E-state index contributed by atoms with van der Waals surface area (Å²) in [4.78, 5) is 20.6. The van der Waals surface area contributed by atoms with E-state index in [2.05, 4.69) is 37.9 Å². The Bertz CT molecular complexity index is 1150. The fourth-order valence-electron chi connectivity index (χ4n) is 3.10. The van der Waals surface area contributed by atoms with Crippen molar-refractivity contribution in [3.63, 3.8) is 0 Å². The average Bonchev–Trinajstić information content (AvgIpc) is 3.09. The number of nitrogen functional groups attached to an aromatic ring is 1. The lowest BCUT2D eigenvalue weighted by Gasteiger charge is -1.98. The number of nitrogens with zero attached hydrogens (tertiary/aromatic N) is 6. The highest BCUT2D eigenvalue weighted by Crippen LogP contribution is 2.39. The average molecular weight is 378 g/mol. The van der Waals surface area contributed by atoms with Gasteiger partial charge in [0.1, 0.15) is 11.4 Å². The maximum atomic E-state index is 12.2. The Hall–Kier alpha value is -3.69. The zero-order chi connectivity index (χ0) is 19.1. The van der Waals surface area contributed by atoms with Crippen LogP contribution in [0.4, 0.5) is 6.01 Å². The molecule has 1 aliphatic carbocycles. The summed E-state index contributed by atoms with van der Waals surface area (Å²) in [5, 5.41) is 10.6. The standard InChI is InChI=1S/C18H18N8O2/c19-18-21-6-14(28-18)5-20-17(27)15-10-26(24-23-15)9-13-8-25-7-12(11-1-2-11)3-4-16(25)22-13/h3-4,6-8,10-11H,1-2,5,9H2,(H2,19,21)(H,20,27). The molecule has 1 amide bonds. The fraction of sp³-hybridized carbons (Fsp3) is 0.278. The second-order valence-corrected chi connectivity index (χ2v) is 6.88. The molecule has 1 aliphatic rings. The maximum absolute atomic E-state index is 12.2. The van der Waals surface area contributed by atoms with E-state index in [4.69, 9.17) is 10.2 Å². The lowest BCUT2D eigenvalue weighted by atomic mass is 10.2. The van der Waals surface area contributed by atoms with E-state index in [0.29, 0.717) is 18.2 Å². The predicted octanol–water partition coefficient (Wildman–Crippen LogP) is 1.35. The van der Waals surface area contributed by atoms with Crippen LogP contribution in [0, 0.1) is 0 Å². The van der Waals surface area contributed by atoms with Crippen LogP contribution in [0.25, 0.3) is 5.65 Å². The van der Waals surface area contributed by atoms with Gasteiger partial charge in [-0.05, 0) is 30.4 Å². The summed E-state index contributed by atoms with van der Waals surface area (Å²) in [6, 6.07) is 4.24. The summed E-state index contributed by atoms with van der Waals surface area (Å²) < 4.78 is 8.74. The third kappa shape index (κ3) is 3.31. The van der Waals surface area contributed by atoms with E-state index >= 15 is 0 Å². The molecule has 10 heteroatoms. The first-order valence-electron chi connectivity index (χ1n) is 9.00. The van der Waals surface area contributed by atoms with E-state index in [9.17, 15) is 4.79 Å². The van der Waals surface area contributed by atoms with Crippen molar-refractivity contribution >= 4 is 17.6 Å². The van der Waals surface area contributed by atoms with Gasteiger partial charge in [0.2, 0.25) is 0 Å². The van der Waals surface area contributed by atoms with Crippen LogP contribution in [-0.2, 0) is 13.1 Å². The van der Waals surface area contributed by atoms with Crippen molar-refractivity contribution in [2.75, 3.05) is 5.73 Å². The van der Waals surface area contributed by atoms with Crippen LogP contribution in [0.15, 0.2) is 41.3 Å². The molecule has 10 nitrogen and oxygen atoms in total. The summed E-state index contributed by atoms with van der Waals surface area (Å²) in [5.74, 6) is 0.804.